The molecule has 0 aliphatic carbocycles. The number of ether oxygens (including phenoxy) is 3. The molecule has 202 valence electrons. The predicted octanol–water partition coefficient (Wildman–Crippen LogP) is 2.59. The van der Waals surface area contributed by atoms with Crippen LogP contribution in [-0.2, 0) is 4.74 Å². The van der Waals surface area contributed by atoms with E-state index in [1.54, 1.807) is 0 Å². The highest BCUT2D eigenvalue weighted by Crippen LogP contribution is 2.35. The summed E-state index contributed by atoms with van der Waals surface area (Å²) in [4.78, 5) is 12.2. The summed E-state index contributed by atoms with van der Waals surface area (Å²) in [5, 5.41) is 49.9. The third-order valence-corrected chi connectivity index (χ3v) is 6.40. The molecule has 1 aromatic carbocycles. The minimum Gasteiger partial charge on any atom is -0.499 e. The Morgan fingerprint density at radius 1 is 0.917 bits per heavy atom. The van der Waals surface area contributed by atoms with Gasteiger partial charge in [-0.15, -0.1) is 0 Å². The van der Waals surface area contributed by atoms with Crippen molar-refractivity contribution in [3.8, 4) is 17.2 Å². The third-order valence-electron chi connectivity index (χ3n) is 6.40. The number of benzene rings is 1. The van der Waals surface area contributed by atoms with Crippen molar-refractivity contribution in [2.45, 2.75) is 95.4 Å². The van der Waals surface area contributed by atoms with Gasteiger partial charge in [0.1, 0.15) is 35.7 Å². The Hall–Kier alpha value is -2.37. The number of hydrogen-bond donors (Lipinski definition) is 5. The number of fused-ring (bicyclic) bond motifs is 1. The molecule has 1 aromatic heterocycles. The van der Waals surface area contributed by atoms with Crippen LogP contribution in [0.5, 0.6) is 17.2 Å². The molecule has 2 heterocycles. The molecule has 0 saturated carbocycles. The molecule has 36 heavy (non-hydrogen) atoms. The minimum atomic E-state index is -1.59. The number of unbranched alkanes of at least 4 members (excludes halogenated alkanes) is 8. The molecule has 10 nitrogen and oxygen atoms in total. The van der Waals surface area contributed by atoms with Crippen LogP contribution in [0.2, 0.25) is 0 Å². The zero-order valence-electron chi connectivity index (χ0n) is 20.7. The zero-order valence-corrected chi connectivity index (χ0v) is 20.7. The van der Waals surface area contributed by atoms with E-state index in [-0.39, 0.29) is 17.1 Å². The van der Waals surface area contributed by atoms with E-state index in [1.807, 2.05) is 0 Å². The Labute approximate surface area is 210 Å². The first-order valence-corrected chi connectivity index (χ1v) is 12.8. The molecule has 1 fully saturated rings. The van der Waals surface area contributed by atoms with Gasteiger partial charge >= 0.3 is 5.63 Å². The Morgan fingerprint density at radius 3 is 2.25 bits per heavy atom. The van der Waals surface area contributed by atoms with Crippen molar-refractivity contribution >= 4 is 11.0 Å². The zero-order chi connectivity index (χ0) is 26.1. The van der Waals surface area contributed by atoms with E-state index in [0.29, 0.717) is 12.0 Å². The van der Waals surface area contributed by atoms with Gasteiger partial charge in [0.2, 0.25) is 12.0 Å². The number of aliphatic hydroxyl groups excluding tert-OH is 4. The first-order chi connectivity index (χ1) is 17.4. The van der Waals surface area contributed by atoms with Crippen molar-refractivity contribution in [1.29, 1.82) is 0 Å². The van der Waals surface area contributed by atoms with Gasteiger partial charge in [-0.2, -0.15) is 0 Å². The van der Waals surface area contributed by atoms with E-state index in [1.165, 1.54) is 56.7 Å². The van der Waals surface area contributed by atoms with Crippen molar-refractivity contribution in [2.24, 2.45) is 0 Å². The fraction of sp³-hybridized carbons (Fsp3) is 0.654. The summed E-state index contributed by atoms with van der Waals surface area (Å²) in [6.45, 7) is 1.95. The molecule has 0 amide bonds. The van der Waals surface area contributed by atoms with Crippen LogP contribution in [-0.4, -0.2) is 69.5 Å². The largest absolute Gasteiger partial charge is 0.499 e. The van der Waals surface area contributed by atoms with Crippen LogP contribution in [0, 0.1) is 0 Å². The second kappa shape index (κ2) is 13.8. The number of hydrogen-bond acceptors (Lipinski definition) is 10. The van der Waals surface area contributed by atoms with Gasteiger partial charge < -0.3 is 44.2 Å². The van der Waals surface area contributed by atoms with Crippen LogP contribution in [0.3, 0.4) is 0 Å². The van der Waals surface area contributed by atoms with Crippen molar-refractivity contribution < 1.29 is 44.2 Å². The first-order valence-electron chi connectivity index (χ1n) is 12.8. The fourth-order valence-electron chi connectivity index (χ4n) is 4.25. The number of aromatic hydroxyl groups is 1. The van der Waals surface area contributed by atoms with Crippen LogP contribution >= 0.6 is 0 Å². The molecule has 0 radical (unpaired) electrons. The van der Waals surface area contributed by atoms with Crippen molar-refractivity contribution in [1.82, 2.24) is 0 Å². The van der Waals surface area contributed by atoms with Gasteiger partial charge in [-0.25, -0.2) is 4.79 Å². The lowest BCUT2D eigenvalue weighted by atomic mass is 9.99. The highest BCUT2D eigenvalue weighted by atomic mass is 16.7. The molecule has 0 unspecified atom stereocenters. The molecule has 1 saturated heterocycles. The molecule has 10 heteroatoms. The highest BCUT2D eigenvalue weighted by Gasteiger charge is 2.44. The van der Waals surface area contributed by atoms with E-state index in [2.05, 4.69) is 6.92 Å². The molecule has 1 aliphatic heterocycles. The third kappa shape index (κ3) is 7.10. The van der Waals surface area contributed by atoms with Crippen LogP contribution in [0.15, 0.2) is 27.4 Å². The molecule has 3 rings (SSSR count). The maximum atomic E-state index is 12.2. The SMILES string of the molecule is CCCCCCCCCCCOc1c(O)c(=O)oc2cc(O[C@@H]3O[C@H](CO)[C@@H](O)[C@H](O)[C@H]3O)ccc12. The smallest absolute Gasteiger partial charge is 0.382 e. The summed E-state index contributed by atoms with van der Waals surface area (Å²) in [7, 11) is 0. The van der Waals surface area contributed by atoms with Gasteiger partial charge in [-0.3, -0.25) is 0 Å². The Bertz CT molecular complexity index is 1000. The second-order valence-corrected chi connectivity index (χ2v) is 9.22. The van der Waals surface area contributed by atoms with Crippen LogP contribution in [0.1, 0.15) is 64.7 Å². The van der Waals surface area contributed by atoms with E-state index in [0.717, 1.165) is 19.3 Å². The van der Waals surface area contributed by atoms with Crippen LogP contribution in [0.25, 0.3) is 11.0 Å². The van der Waals surface area contributed by atoms with Crippen molar-refractivity contribution in [2.75, 3.05) is 13.2 Å². The summed E-state index contributed by atoms with van der Waals surface area (Å²) in [5.74, 6) is -0.452. The lowest BCUT2D eigenvalue weighted by molar-refractivity contribution is -0.277. The van der Waals surface area contributed by atoms with E-state index >= 15 is 0 Å². The molecule has 2 aromatic rings. The van der Waals surface area contributed by atoms with Gasteiger partial charge in [-0.1, -0.05) is 58.3 Å². The normalized spacial score (nSPS) is 24.2. The Morgan fingerprint density at radius 2 is 1.58 bits per heavy atom. The Kier molecular flexibility index (Phi) is 10.8. The summed E-state index contributed by atoms with van der Waals surface area (Å²) >= 11 is 0. The lowest BCUT2D eigenvalue weighted by Crippen LogP contribution is -2.60. The fourth-order valence-corrected chi connectivity index (χ4v) is 4.25. The molecule has 0 bridgehead atoms. The Balaban J connectivity index is 1.60. The van der Waals surface area contributed by atoms with Crippen molar-refractivity contribution in [3.63, 3.8) is 0 Å². The average Bonchev–Trinajstić information content (AvgIpc) is 2.87. The minimum absolute atomic E-state index is 0.0280. The number of aliphatic hydroxyl groups is 4. The standard InChI is InChI=1S/C26H38O10/c1-2-3-4-5-6-7-8-9-10-13-33-24-17-12-11-16(14-18(17)35-25(32)23(24)31)34-26-22(30)21(29)20(28)19(15-27)36-26/h11-12,14,19-22,26-31H,2-10,13,15H2,1H3/t19-,20-,21+,22-,26-/m1/s1. The highest BCUT2D eigenvalue weighted by molar-refractivity contribution is 5.86. The molecular weight excluding hydrogens is 472 g/mol. The second-order valence-electron chi connectivity index (χ2n) is 9.22. The summed E-state index contributed by atoms with van der Waals surface area (Å²) < 4.78 is 21.8. The van der Waals surface area contributed by atoms with Crippen molar-refractivity contribution in [3.05, 3.63) is 28.6 Å². The van der Waals surface area contributed by atoms with Crippen LogP contribution < -0.4 is 15.1 Å². The van der Waals surface area contributed by atoms with Gasteiger partial charge in [0, 0.05) is 6.07 Å². The summed E-state index contributed by atoms with van der Waals surface area (Å²) in [6, 6.07) is 4.39. The molecule has 5 N–H and O–H groups in total. The van der Waals surface area contributed by atoms with E-state index in [9.17, 15) is 30.3 Å². The van der Waals surface area contributed by atoms with E-state index in [4.69, 9.17) is 18.6 Å². The first kappa shape index (κ1) is 28.2. The van der Waals surface area contributed by atoms with E-state index < -0.39 is 48.7 Å². The molecular formula is C26H38O10. The van der Waals surface area contributed by atoms with Gasteiger partial charge in [0.05, 0.1) is 18.6 Å². The van der Waals surface area contributed by atoms with Gasteiger partial charge in [-0.05, 0) is 18.6 Å². The topological polar surface area (TPSA) is 159 Å². The number of rotatable bonds is 14. The average molecular weight is 511 g/mol. The molecule has 1 aliphatic rings. The summed E-state index contributed by atoms with van der Waals surface area (Å²) in [6.07, 6.45) is 3.21. The lowest BCUT2D eigenvalue weighted by Gasteiger charge is -2.39. The quantitative estimate of drug-likeness (QED) is 0.189. The maximum Gasteiger partial charge on any atom is 0.382 e. The monoisotopic (exact) mass is 510 g/mol. The summed E-state index contributed by atoms with van der Waals surface area (Å²) in [5.41, 5.74) is -0.878. The van der Waals surface area contributed by atoms with Crippen LogP contribution in [0.4, 0.5) is 0 Å². The van der Waals surface area contributed by atoms with Gasteiger partial charge in [0.25, 0.3) is 0 Å². The predicted molar refractivity (Wildman–Crippen MR) is 131 cm³/mol. The molecule has 0 spiro atoms. The molecule has 5 atom stereocenters. The maximum absolute atomic E-state index is 12.2. The van der Waals surface area contributed by atoms with Gasteiger partial charge in [0.15, 0.2) is 5.75 Å².